The van der Waals surface area contributed by atoms with Crippen molar-refractivity contribution in [3.63, 3.8) is 0 Å². The maximum absolute atomic E-state index is 13.3. The number of rotatable bonds is 12. The van der Waals surface area contributed by atoms with E-state index in [0.717, 1.165) is 36.9 Å². The zero-order valence-electron chi connectivity index (χ0n) is 23.4. The summed E-state index contributed by atoms with van der Waals surface area (Å²) in [5, 5.41) is 15.6. The molecular weight excluding hydrogens is 468 g/mol. The number of carbonyl (C=O) groups excluding carboxylic acids is 3. The molecule has 1 aliphatic heterocycles. The largest absolute Gasteiger partial charge is 0.394 e. The number of nitrogens with zero attached hydrogens (tertiary/aromatic N) is 2. The maximum Gasteiger partial charge on any atom is 0.245 e. The van der Waals surface area contributed by atoms with Crippen molar-refractivity contribution < 1.29 is 19.5 Å². The van der Waals surface area contributed by atoms with Crippen molar-refractivity contribution in [2.24, 2.45) is 5.92 Å². The molecular formula is C29H46N4O4. The molecule has 0 saturated carbocycles. The van der Waals surface area contributed by atoms with Gasteiger partial charge in [0.05, 0.1) is 18.7 Å². The van der Waals surface area contributed by atoms with Crippen LogP contribution >= 0.6 is 0 Å². The van der Waals surface area contributed by atoms with Crippen LogP contribution in [0.3, 0.4) is 0 Å². The van der Waals surface area contributed by atoms with Crippen molar-refractivity contribution >= 4 is 17.7 Å². The standard InChI is InChI=1S/C29H46N4O4/c1-20(2)27(31-28(36)25-14-10-11-16-33(25)21(3)4)29(37)32(6)17-15-22(5)18-26(35)30-24(19-34)23-12-8-7-9-13-23/h7-9,12-13,15,20-21,24-25,27,34H,10-11,14,16-19H2,1-6H3,(H,30,35)(H,31,36)/b22-15+. The Hall–Kier alpha value is -2.71. The van der Waals surface area contributed by atoms with Gasteiger partial charge in [-0.05, 0) is 51.6 Å². The number of aliphatic hydroxyl groups excluding tert-OH is 1. The van der Waals surface area contributed by atoms with E-state index in [2.05, 4.69) is 29.4 Å². The van der Waals surface area contributed by atoms with Gasteiger partial charge in [0.2, 0.25) is 17.7 Å². The molecule has 0 spiro atoms. The topological polar surface area (TPSA) is 102 Å². The number of hydrogen-bond donors (Lipinski definition) is 3. The zero-order chi connectivity index (χ0) is 27.5. The fourth-order valence-electron chi connectivity index (χ4n) is 4.73. The lowest BCUT2D eigenvalue weighted by molar-refractivity contribution is -0.138. The van der Waals surface area contributed by atoms with Crippen LogP contribution in [-0.2, 0) is 14.4 Å². The van der Waals surface area contributed by atoms with Gasteiger partial charge in [-0.15, -0.1) is 0 Å². The Kier molecular flexibility index (Phi) is 12.3. The van der Waals surface area contributed by atoms with Gasteiger partial charge >= 0.3 is 0 Å². The van der Waals surface area contributed by atoms with E-state index in [9.17, 15) is 19.5 Å². The predicted molar refractivity (Wildman–Crippen MR) is 147 cm³/mol. The number of likely N-dealkylation sites (N-methyl/N-ethyl adjacent to an activating group) is 1. The van der Waals surface area contributed by atoms with Crippen LogP contribution in [0.4, 0.5) is 0 Å². The fraction of sp³-hybridized carbons (Fsp3) is 0.621. The van der Waals surface area contributed by atoms with Gasteiger partial charge in [-0.2, -0.15) is 0 Å². The Balaban J connectivity index is 1.94. The van der Waals surface area contributed by atoms with Gasteiger partial charge in [0.25, 0.3) is 0 Å². The second kappa shape index (κ2) is 14.9. The third-order valence-electron chi connectivity index (χ3n) is 6.99. The van der Waals surface area contributed by atoms with E-state index in [1.54, 1.807) is 11.9 Å². The highest BCUT2D eigenvalue weighted by Crippen LogP contribution is 2.20. The minimum absolute atomic E-state index is 0.0563. The quantitative estimate of drug-likeness (QED) is 0.372. The fourth-order valence-corrected chi connectivity index (χ4v) is 4.73. The predicted octanol–water partition coefficient (Wildman–Crippen LogP) is 3.03. The van der Waals surface area contributed by atoms with E-state index in [1.165, 1.54) is 0 Å². The molecule has 8 nitrogen and oxygen atoms in total. The Morgan fingerprint density at radius 1 is 1.11 bits per heavy atom. The molecule has 1 aliphatic rings. The Morgan fingerprint density at radius 3 is 2.38 bits per heavy atom. The first-order chi connectivity index (χ1) is 17.5. The number of piperidine rings is 1. The van der Waals surface area contributed by atoms with Crippen LogP contribution in [0.25, 0.3) is 0 Å². The van der Waals surface area contributed by atoms with Gasteiger partial charge in [-0.1, -0.05) is 62.2 Å². The third kappa shape index (κ3) is 9.27. The number of carbonyl (C=O) groups is 3. The molecule has 206 valence electrons. The highest BCUT2D eigenvalue weighted by atomic mass is 16.3. The van der Waals surface area contributed by atoms with E-state index in [0.29, 0.717) is 6.54 Å². The molecule has 1 fully saturated rings. The summed E-state index contributed by atoms with van der Waals surface area (Å²) in [6, 6.07) is 8.35. The molecule has 3 amide bonds. The van der Waals surface area contributed by atoms with Crippen molar-refractivity contribution in [1.29, 1.82) is 0 Å². The minimum atomic E-state index is -0.610. The summed E-state index contributed by atoms with van der Waals surface area (Å²) < 4.78 is 0. The molecule has 0 radical (unpaired) electrons. The number of hydrogen-bond acceptors (Lipinski definition) is 5. The highest BCUT2D eigenvalue weighted by molar-refractivity contribution is 5.90. The van der Waals surface area contributed by atoms with Crippen molar-refractivity contribution in [3.8, 4) is 0 Å². The van der Waals surface area contributed by atoms with Gasteiger partial charge in [0, 0.05) is 26.1 Å². The van der Waals surface area contributed by atoms with Crippen LogP contribution in [-0.4, -0.2) is 77.5 Å². The zero-order valence-corrected chi connectivity index (χ0v) is 23.4. The van der Waals surface area contributed by atoms with Gasteiger partial charge in [0.15, 0.2) is 0 Å². The van der Waals surface area contributed by atoms with Crippen molar-refractivity contribution in [2.45, 2.75) is 84.5 Å². The second-order valence-electron chi connectivity index (χ2n) is 10.7. The summed E-state index contributed by atoms with van der Waals surface area (Å²) in [6.07, 6.45) is 4.94. The minimum Gasteiger partial charge on any atom is -0.394 e. The monoisotopic (exact) mass is 514 g/mol. The number of likely N-dealkylation sites (tertiary alicyclic amines) is 1. The molecule has 3 N–H and O–H groups in total. The average Bonchev–Trinajstić information content (AvgIpc) is 2.88. The summed E-state index contributed by atoms with van der Waals surface area (Å²) in [5.74, 6) is -0.471. The molecule has 37 heavy (non-hydrogen) atoms. The lowest BCUT2D eigenvalue weighted by Crippen LogP contribution is -2.57. The summed E-state index contributed by atoms with van der Waals surface area (Å²) in [6.45, 7) is 11.0. The van der Waals surface area contributed by atoms with E-state index >= 15 is 0 Å². The SMILES string of the molecule is C/C(=C\CN(C)C(=O)C(NC(=O)C1CCCCN1C(C)C)C(C)C)CC(=O)NC(CO)c1ccccc1. The summed E-state index contributed by atoms with van der Waals surface area (Å²) in [5.41, 5.74) is 1.67. The number of benzene rings is 1. The molecule has 1 aromatic rings. The Bertz CT molecular complexity index is 916. The van der Waals surface area contributed by atoms with E-state index in [1.807, 2.05) is 57.2 Å². The summed E-state index contributed by atoms with van der Waals surface area (Å²) in [4.78, 5) is 42.8. The van der Waals surface area contributed by atoms with E-state index in [-0.39, 0.29) is 48.8 Å². The van der Waals surface area contributed by atoms with Crippen LogP contribution in [0.15, 0.2) is 42.0 Å². The van der Waals surface area contributed by atoms with Crippen LogP contribution in [0.2, 0.25) is 0 Å². The first-order valence-electron chi connectivity index (χ1n) is 13.5. The lowest BCUT2D eigenvalue weighted by Gasteiger charge is -2.38. The normalized spacial score (nSPS) is 18.4. The number of amides is 3. The van der Waals surface area contributed by atoms with Crippen molar-refractivity contribution in [3.05, 3.63) is 47.5 Å². The molecule has 1 aromatic carbocycles. The first-order valence-corrected chi connectivity index (χ1v) is 13.5. The number of nitrogens with one attached hydrogen (secondary N) is 2. The Morgan fingerprint density at radius 2 is 1.78 bits per heavy atom. The maximum atomic E-state index is 13.3. The molecule has 1 heterocycles. The summed E-state index contributed by atoms with van der Waals surface area (Å²) >= 11 is 0. The molecule has 3 atom stereocenters. The Labute approximate surface area is 222 Å². The van der Waals surface area contributed by atoms with Gasteiger partial charge in [0.1, 0.15) is 6.04 Å². The van der Waals surface area contributed by atoms with Gasteiger partial charge in [-0.3, -0.25) is 19.3 Å². The average molecular weight is 515 g/mol. The van der Waals surface area contributed by atoms with Crippen molar-refractivity contribution in [2.75, 3.05) is 26.7 Å². The van der Waals surface area contributed by atoms with Crippen LogP contribution in [0, 0.1) is 5.92 Å². The number of aliphatic hydroxyl groups is 1. The van der Waals surface area contributed by atoms with Crippen LogP contribution < -0.4 is 10.6 Å². The molecule has 1 saturated heterocycles. The molecule has 8 heteroatoms. The smallest absolute Gasteiger partial charge is 0.245 e. The molecule has 0 aliphatic carbocycles. The first kappa shape index (κ1) is 30.5. The van der Waals surface area contributed by atoms with Crippen LogP contribution in [0.1, 0.15) is 71.9 Å². The van der Waals surface area contributed by atoms with Crippen molar-refractivity contribution in [1.82, 2.24) is 20.4 Å². The van der Waals surface area contributed by atoms with Crippen LogP contribution in [0.5, 0.6) is 0 Å². The molecule has 0 bridgehead atoms. The van der Waals surface area contributed by atoms with E-state index < -0.39 is 12.1 Å². The molecule has 2 rings (SSSR count). The molecule has 3 unspecified atom stereocenters. The van der Waals surface area contributed by atoms with E-state index in [4.69, 9.17) is 0 Å². The van der Waals surface area contributed by atoms with Gasteiger partial charge < -0.3 is 20.6 Å². The molecule has 0 aromatic heterocycles. The third-order valence-corrected chi connectivity index (χ3v) is 6.99. The van der Waals surface area contributed by atoms with Gasteiger partial charge in [-0.25, -0.2) is 0 Å². The summed E-state index contributed by atoms with van der Waals surface area (Å²) in [7, 11) is 1.71. The lowest BCUT2D eigenvalue weighted by atomic mass is 9.97. The second-order valence-corrected chi connectivity index (χ2v) is 10.7. The highest BCUT2D eigenvalue weighted by Gasteiger charge is 2.34.